The fraction of sp³-hybridized carbons (Fsp3) is 0.107. The summed E-state index contributed by atoms with van der Waals surface area (Å²) in [5.41, 5.74) is 5.52. The van der Waals surface area contributed by atoms with Crippen LogP contribution < -0.4 is 10.6 Å². The number of nitrogens with one attached hydrogen (secondary N) is 2. The molecule has 0 aliphatic heterocycles. The zero-order valence-corrected chi connectivity index (χ0v) is 21.6. The van der Waals surface area contributed by atoms with E-state index in [0.717, 1.165) is 38.2 Å². The predicted molar refractivity (Wildman–Crippen MR) is 148 cm³/mol. The van der Waals surface area contributed by atoms with Crippen molar-refractivity contribution in [1.82, 2.24) is 19.9 Å². The van der Waals surface area contributed by atoms with Crippen molar-refractivity contribution in [2.45, 2.75) is 6.42 Å². The number of aromatic nitrogens is 3. The molecule has 0 saturated heterocycles. The van der Waals surface area contributed by atoms with Gasteiger partial charge in [-0.25, -0.2) is 4.98 Å². The second-order valence-corrected chi connectivity index (χ2v) is 9.51. The molecule has 0 fully saturated rings. The second-order valence-electron chi connectivity index (χ2n) is 8.25. The lowest BCUT2D eigenvalue weighted by Gasteiger charge is -2.12. The van der Waals surface area contributed by atoms with Crippen molar-refractivity contribution in [3.05, 3.63) is 106 Å². The van der Waals surface area contributed by atoms with Crippen molar-refractivity contribution in [1.29, 1.82) is 0 Å². The van der Waals surface area contributed by atoms with Gasteiger partial charge in [0.2, 0.25) is 5.91 Å². The number of fused-ring (bicyclic) bond motifs is 1. The van der Waals surface area contributed by atoms with Gasteiger partial charge >= 0.3 is 0 Å². The van der Waals surface area contributed by atoms with E-state index in [1.807, 2.05) is 72.8 Å². The van der Waals surface area contributed by atoms with Gasteiger partial charge in [-0.1, -0.05) is 84.4 Å². The van der Waals surface area contributed by atoms with Gasteiger partial charge in [0, 0.05) is 29.7 Å². The van der Waals surface area contributed by atoms with E-state index in [9.17, 15) is 4.79 Å². The number of carbonyl (C=O) groups is 1. The standard InChI is InChI=1S/C28H23BrClN5O/c29-23-18-33-35-26(17-25(34-28(23)35)22-8-4-5-9-24(22)30)31-14-15-32-27(36)16-19-10-12-21(13-11-19)20-6-2-1-3-7-20/h1-13,17-18,31H,14-16H2,(H,32,36). The Morgan fingerprint density at radius 2 is 1.64 bits per heavy atom. The first-order chi connectivity index (χ1) is 17.6. The van der Waals surface area contributed by atoms with E-state index in [2.05, 4.69) is 43.8 Å². The highest BCUT2D eigenvalue weighted by molar-refractivity contribution is 9.10. The zero-order valence-electron chi connectivity index (χ0n) is 19.3. The van der Waals surface area contributed by atoms with E-state index in [0.29, 0.717) is 30.2 Å². The van der Waals surface area contributed by atoms with E-state index in [-0.39, 0.29) is 5.91 Å². The molecule has 3 aromatic carbocycles. The monoisotopic (exact) mass is 559 g/mol. The Morgan fingerprint density at radius 1 is 0.917 bits per heavy atom. The Labute approximate surface area is 222 Å². The third-order valence-electron chi connectivity index (χ3n) is 5.76. The van der Waals surface area contributed by atoms with Gasteiger partial charge in [0.25, 0.3) is 0 Å². The first-order valence-corrected chi connectivity index (χ1v) is 12.7. The second kappa shape index (κ2) is 10.9. The Bertz CT molecular complexity index is 1500. The average Bonchev–Trinajstić information content (AvgIpc) is 3.28. The molecule has 0 atom stereocenters. The van der Waals surface area contributed by atoms with Crippen molar-refractivity contribution in [2.75, 3.05) is 18.4 Å². The van der Waals surface area contributed by atoms with Crippen LogP contribution in [0.3, 0.4) is 0 Å². The van der Waals surface area contributed by atoms with Gasteiger partial charge in [-0.05, 0) is 38.7 Å². The summed E-state index contributed by atoms with van der Waals surface area (Å²) in [6.45, 7) is 0.992. The number of carbonyl (C=O) groups excluding carboxylic acids is 1. The first kappa shape index (κ1) is 24.0. The fourth-order valence-electron chi connectivity index (χ4n) is 3.95. The van der Waals surface area contributed by atoms with Crippen LogP contribution in [0.2, 0.25) is 5.02 Å². The molecule has 0 saturated carbocycles. The first-order valence-electron chi connectivity index (χ1n) is 11.5. The van der Waals surface area contributed by atoms with Crippen LogP contribution in [-0.2, 0) is 11.2 Å². The SMILES string of the molecule is O=C(Cc1ccc(-c2ccccc2)cc1)NCCNc1cc(-c2ccccc2Cl)nc2c(Br)cnn12. The maximum Gasteiger partial charge on any atom is 0.224 e. The number of amides is 1. The third-order valence-corrected chi connectivity index (χ3v) is 6.65. The van der Waals surface area contributed by atoms with Crippen molar-refractivity contribution < 1.29 is 4.79 Å². The number of nitrogens with zero attached hydrogens (tertiary/aromatic N) is 3. The van der Waals surface area contributed by atoms with Crippen molar-refractivity contribution in [2.24, 2.45) is 0 Å². The number of hydrogen-bond donors (Lipinski definition) is 2. The Hall–Kier alpha value is -3.68. The molecule has 5 rings (SSSR count). The number of benzene rings is 3. The highest BCUT2D eigenvalue weighted by Gasteiger charge is 2.13. The van der Waals surface area contributed by atoms with E-state index < -0.39 is 0 Å². The smallest absolute Gasteiger partial charge is 0.224 e. The lowest BCUT2D eigenvalue weighted by Crippen LogP contribution is -2.30. The van der Waals surface area contributed by atoms with Gasteiger partial charge in [-0.3, -0.25) is 4.79 Å². The van der Waals surface area contributed by atoms with Gasteiger partial charge in [-0.2, -0.15) is 9.61 Å². The van der Waals surface area contributed by atoms with Crippen LogP contribution in [0, 0.1) is 0 Å². The molecular formula is C28H23BrClN5O. The quantitative estimate of drug-likeness (QED) is 0.220. The largest absolute Gasteiger partial charge is 0.368 e. The minimum absolute atomic E-state index is 0.0253. The van der Waals surface area contributed by atoms with E-state index in [1.54, 1.807) is 10.7 Å². The molecule has 2 heterocycles. The molecule has 180 valence electrons. The van der Waals surface area contributed by atoms with E-state index in [1.165, 1.54) is 0 Å². The summed E-state index contributed by atoms with van der Waals surface area (Å²) in [5.74, 6) is 0.731. The molecule has 0 aliphatic carbocycles. The summed E-state index contributed by atoms with van der Waals surface area (Å²) < 4.78 is 2.51. The predicted octanol–water partition coefficient (Wildman–Crippen LogP) is 6.25. The highest BCUT2D eigenvalue weighted by atomic mass is 79.9. The Balaban J connectivity index is 1.20. The minimum Gasteiger partial charge on any atom is -0.368 e. The number of anilines is 1. The molecule has 8 heteroatoms. The van der Waals surface area contributed by atoms with Crippen LogP contribution >= 0.6 is 27.5 Å². The Kier molecular flexibility index (Phi) is 7.30. The molecule has 1 amide bonds. The molecule has 0 bridgehead atoms. The highest BCUT2D eigenvalue weighted by Crippen LogP contribution is 2.30. The number of hydrogen-bond acceptors (Lipinski definition) is 4. The minimum atomic E-state index is -0.0253. The van der Waals surface area contributed by atoms with Crippen LogP contribution in [0.25, 0.3) is 28.0 Å². The molecule has 5 aromatic rings. The normalized spacial score (nSPS) is 10.9. The van der Waals surface area contributed by atoms with Crippen LogP contribution in [0.4, 0.5) is 5.82 Å². The van der Waals surface area contributed by atoms with Crippen molar-refractivity contribution in [3.63, 3.8) is 0 Å². The summed E-state index contributed by atoms with van der Waals surface area (Å²) in [4.78, 5) is 17.2. The maximum absolute atomic E-state index is 12.5. The van der Waals surface area contributed by atoms with E-state index in [4.69, 9.17) is 16.6 Å². The van der Waals surface area contributed by atoms with Crippen LogP contribution in [0.5, 0.6) is 0 Å². The average molecular weight is 561 g/mol. The topological polar surface area (TPSA) is 71.3 Å². The molecule has 0 radical (unpaired) electrons. The fourth-order valence-corrected chi connectivity index (χ4v) is 4.54. The lowest BCUT2D eigenvalue weighted by molar-refractivity contribution is -0.120. The molecule has 0 aliphatic rings. The lowest BCUT2D eigenvalue weighted by atomic mass is 10.0. The molecule has 2 aromatic heterocycles. The van der Waals surface area contributed by atoms with Crippen LogP contribution in [0.1, 0.15) is 5.56 Å². The molecule has 6 nitrogen and oxygen atoms in total. The molecule has 0 spiro atoms. The van der Waals surface area contributed by atoms with Crippen LogP contribution in [-0.4, -0.2) is 33.6 Å². The number of rotatable bonds is 8. The van der Waals surface area contributed by atoms with E-state index >= 15 is 0 Å². The van der Waals surface area contributed by atoms with Gasteiger partial charge in [-0.15, -0.1) is 0 Å². The van der Waals surface area contributed by atoms with Gasteiger partial charge < -0.3 is 10.6 Å². The summed E-state index contributed by atoms with van der Waals surface area (Å²) in [7, 11) is 0. The summed E-state index contributed by atoms with van der Waals surface area (Å²) in [6.07, 6.45) is 2.03. The van der Waals surface area contributed by atoms with Gasteiger partial charge in [0.1, 0.15) is 5.82 Å². The molecule has 36 heavy (non-hydrogen) atoms. The maximum atomic E-state index is 12.5. The summed E-state index contributed by atoms with van der Waals surface area (Å²) in [5, 5.41) is 11.4. The molecule has 0 unspecified atom stereocenters. The third kappa shape index (κ3) is 5.42. The van der Waals surface area contributed by atoms with Gasteiger partial charge in [0.05, 0.1) is 22.8 Å². The zero-order chi connectivity index (χ0) is 24.9. The molecule has 2 N–H and O–H groups in total. The summed E-state index contributed by atoms with van der Waals surface area (Å²) >= 11 is 9.91. The summed E-state index contributed by atoms with van der Waals surface area (Å²) in [6, 6.07) is 27.8. The van der Waals surface area contributed by atoms with Gasteiger partial charge in [0.15, 0.2) is 5.65 Å². The number of halogens is 2. The van der Waals surface area contributed by atoms with Crippen LogP contribution in [0.15, 0.2) is 95.6 Å². The Morgan fingerprint density at radius 3 is 2.42 bits per heavy atom. The van der Waals surface area contributed by atoms with Crippen molar-refractivity contribution in [3.8, 4) is 22.4 Å². The van der Waals surface area contributed by atoms with Crippen molar-refractivity contribution >= 4 is 44.9 Å². The molecular weight excluding hydrogens is 538 g/mol.